The Bertz CT molecular complexity index is 791. The normalized spacial score (nSPS) is 15.7. The number of carbonyl (C=O) groups excluding carboxylic acids is 2. The zero-order valence-corrected chi connectivity index (χ0v) is 13.3. The van der Waals surface area contributed by atoms with E-state index in [4.69, 9.17) is 16.3 Å². The molecule has 0 radical (unpaired) electrons. The molecule has 1 atom stereocenters. The van der Waals surface area contributed by atoms with E-state index >= 15 is 0 Å². The van der Waals surface area contributed by atoms with Gasteiger partial charge in [0.15, 0.2) is 5.78 Å². The van der Waals surface area contributed by atoms with Crippen LogP contribution < -0.4 is 4.74 Å². The van der Waals surface area contributed by atoms with E-state index < -0.39 is 0 Å². The van der Waals surface area contributed by atoms with Crippen molar-refractivity contribution in [3.63, 3.8) is 0 Å². The lowest BCUT2D eigenvalue weighted by Gasteiger charge is -2.11. The van der Waals surface area contributed by atoms with Crippen molar-refractivity contribution in [2.75, 3.05) is 7.11 Å². The molecule has 3 rings (SSSR count). The van der Waals surface area contributed by atoms with Gasteiger partial charge in [0.2, 0.25) is 0 Å². The predicted octanol–water partition coefficient (Wildman–Crippen LogP) is 4.30. The van der Waals surface area contributed by atoms with Crippen molar-refractivity contribution in [3.05, 3.63) is 70.3 Å². The molecule has 0 spiro atoms. The Morgan fingerprint density at radius 1 is 1.22 bits per heavy atom. The number of ether oxygens (including phenoxy) is 1. The van der Waals surface area contributed by atoms with Gasteiger partial charge >= 0.3 is 0 Å². The van der Waals surface area contributed by atoms with Crippen molar-refractivity contribution in [1.29, 1.82) is 0 Å². The molecule has 116 valence electrons. The van der Waals surface area contributed by atoms with Gasteiger partial charge in [-0.25, -0.2) is 0 Å². The van der Waals surface area contributed by atoms with Crippen molar-refractivity contribution >= 4 is 29.2 Å². The highest BCUT2D eigenvalue weighted by Gasteiger charge is 2.29. The van der Waals surface area contributed by atoms with E-state index in [1.54, 1.807) is 31.4 Å². The lowest BCUT2D eigenvalue weighted by molar-refractivity contribution is -0.107. The maximum Gasteiger partial charge on any atom is 0.174 e. The highest BCUT2D eigenvalue weighted by Crippen LogP contribution is 2.40. The number of allylic oxidation sites excluding steroid dienone is 2. The average molecular weight is 327 g/mol. The van der Waals surface area contributed by atoms with Crippen LogP contribution in [0.1, 0.15) is 33.8 Å². The molecular weight excluding hydrogens is 312 g/mol. The van der Waals surface area contributed by atoms with Crippen molar-refractivity contribution in [3.8, 4) is 5.75 Å². The molecule has 1 aliphatic carbocycles. The Balaban J connectivity index is 2.02. The van der Waals surface area contributed by atoms with E-state index in [0.717, 1.165) is 23.0 Å². The molecule has 0 amide bonds. The number of fused-ring (bicyclic) bond motifs is 1. The van der Waals surface area contributed by atoms with Crippen molar-refractivity contribution in [2.24, 2.45) is 0 Å². The topological polar surface area (TPSA) is 43.4 Å². The first-order chi connectivity index (χ1) is 11.1. The largest absolute Gasteiger partial charge is 0.497 e. The van der Waals surface area contributed by atoms with E-state index in [2.05, 4.69) is 0 Å². The van der Waals surface area contributed by atoms with Crippen molar-refractivity contribution in [2.45, 2.75) is 12.3 Å². The second kappa shape index (κ2) is 6.39. The number of ketones is 1. The van der Waals surface area contributed by atoms with Crippen LogP contribution in [0.2, 0.25) is 5.02 Å². The average Bonchev–Trinajstić information content (AvgIpc) is 2.93. The van der Waals surface area contributed by atoms with Crippen LogP contribution in [-0.4, -0.2) is 19.2 Å². The zero-order chi connectivity index (χ0) is 16.4. The Hall–Kier alpha value is -2.39. The Morgan fingerprint density at radius 3 is 2.61 bits per heavy atom. The third-order valence-electron chi connectivity index (χ3n) is 4.02. The minimum absolute atomic E-state index is 0.00557. The third kappa shape index (κ3) is 2.92. The molecule has 0 saturated carbocycles. The molecule has 0 bridgehead atoms. The fraction of sp³-hybridized carbons (Fsp3) is 0.158. The van der Waals surface area contributed by atoms with Crippen LogP contribution in [-0.2, 0) is 4.79 Å². The first-order valence-electron chi connectivity index (χ1n) is 7.26. The number of carbonyl (C=O) groups is 2. The summed E-state index contributed by atoms with van der Waals surface area (Å²) < 4.78 is 5.24. The van der Waals surface area contributed by atoms with Gasteiger partial charge in [-0.05, 0) is 53.1 Å². The zero-order valence-electron chi connectivity index (χ0n) is 12.6. The number of hydrogen-bond donors (Lipinski definition) is 0. The molecule has 1 unspecified atom stereocenters. The summed E-state index contributed by atoms with van der Waals surface area (Å²) in [5.41, 5.74) is 3.28. The van der Waals surface area contributed by atoms with Crippen LogP contribution in [0.25, 0.3) is 5.57 Å². The third-order valence-corrected chi connectivity index (χ3v) is 4.28. The molecule has 0 aromatic heterocycles. The Labute approximate surface area is 139 Å². The van der Waals surface area contributed by atoms with E-state index in [0.29, 0.717) is 16.3 Å². The quantitative estimate of drug-likeness (QED) is 0.607. The summed E-state index contributed by atoms with van der Waals surface area (Å²) >= 11 is 5.88. The number of aldehydes is 1. The van der Waals surface area contributed by atoms with Gasteiger partial charge in [-0.15, -0.1) is 0 Å². The first kappa shape index (κ1) is 15.5. The number of halogens is 1. The number of benzene rings is 2. The van der Waals surface area contributed by atoms with Crippen LogP contribution in [0.4, 0.5) is 0 Å². The molecule has 0 fully saturated rings. The second-order valence-electron chi connectivity index (χ2n) is 5.36. The fourth-order valence-electron chi connectivity index (χ4n) is 2.87. The van der Waals surface area contributed by atoms with Gasteiger partial charge in [-0.2, -0.15) is 0 Å². The monoisotopic (exact) mass is 326 g/mol. The standard InChI is InChI=1S/C19H15ClO3/c1-23-15-6-7-16-17(11-15)13(8-9-21)10-18(16)19(22)12-2-4-14(20)5-3-12/h2-7,9-11,18H,8H2,1H3. The molecule has 0 saturated heterocycles. The fourth-order valence-corrected chi connectivity index (χ4v) is 3.00. The maximum atomic E-state index is 12.8. The molecule has 0 aliphatic heterocycles. The Morgan fingerprint density at radius 2 is 1.96 bits per heavy atom. The highest BCUT2D eigenvalue weighted by atomic mass is 35.5. The van der Waals surface area contributed by atoms with Crippen molar-refractivity contribution < 1.29 is 14.3 Å². The summed E-state index contributed by atoms with van der Waals surface area (Å²) in [6, 6.07) is 12.4. The lowest BCUT2D eigenvalue weighted by atomic mass is 9.92. The van der Waals surface area contributed by atoms with E-state index in [1.807, 2.05) is 24.3 Å². The van der Waals surface area contributed by atoms with Gasteiger partial charge in [-0.3, -0.25) is 4.79 Å². The van der Waals surface area contributed by atoms with E-state index in [-0.39, 0.29) is 18.1 Å². The molecule has 3 nitrogen and oxygen atoms in total. The van der Waals surface area contributed by atoms with Crippen LogP contribution >= 0.6 is 11.6 Å². The predicted molar refractivity (Wildman–Crippen MR) is 90.2 cm³/mol. The summed E-state index contributed by atoms with van der Waals surface area (Å²) in [6.45, 7) is 0. The molecule has 2 aromatic rings. The minimum atomic E-state index is -0.382. The molecule has 0 heterocycles. The van der Waals surface area contributed by atoms with Gasteiger partial charge in [0.05, 0.1) is 13.0 Å². The SMILES string of the molecule is COc1ccc2c(c1)C(CC=O)=CC2C(=O)c1ccc(Cl)cc1. The van der Waals surface area contributed by atoms with E-state index in [1.165, 1.54) is 0 Å². The first-order valence-corrected chi connectivity index (χ1v) is 7.64. The van der Waals surface area contributed by atoms with Gasteiger partial charge in [0.25, 0.3) is 0 Å². The number of hydrogen-bond acceptors (Lipinski definition) is 3. The minimum Gasteiger partial charge on any atom is -0.497 e. The summed E-state index contributed by atoms with van der Waals surface area (Å²) in [6.07, 6.45) is 3.00. The van der Waals surface area contributed by atoms with E-state index in [9.17, 15) is 9.59 Å². The van der Waals surface area contributed by atoms with Gasteiger partial charge in [0, 0.05) is 17.0 Å². The molecule has 1 aliphatic rings. The molecule has 0 N–H and O–H groups in total. The van der Waals surface area contributed by atoms with Gasteiger partial charge < -0.3 is 9.53 Å². The molecular formula is C19H15ClO3. The van der Waals surface area contributed by atoms with Crippen molar-refractivity contribution in [1.82, 2.24) is 0 Å². The van der Waals surface area contributed by atoms with Gasteiger partial charge in [0.1, 0.15) is 12.0 Å². The maximum absolute atomic E-state index is 12.8. The smallest absolute Gasteiger partial charge is 0.174 e. The molecule has 23 heavy (non-hydrogen) atoms. The molecule has 4 heteroatoms. The summed E-state index contributed by atoms with van der Waals surface area (Å²) in [5.74, 6) is 0.321. The van der Waals surface area contributed by atoms with Crippen LogP contribution in [0, 0.1) is 0 Å². The highest BCUT2D eigenvalue weighted by molar-refractivity contribution is 6.30. The number of methoxy groups -OCH3 is 1. The van der Waals surface area contributed by atoms with Crippen LogP contribution in [0.15, 0.2) is 48.5 Å². The number of rotatable bonds is 5. The number of Topliss-reactive ketones (excluding diaryl/α,β-unsaturated/α-hetero) is 1. The molecule has 2 aromatic carbocycles. The lowest BCUT2D eigenvalue weighted by Crippen LogP contribution is -2.09. The summed E-state index contributed by atoms with van der Waals surface area (Å²) in [7, 11) is 1.59. The Kier molecular flexibility index (Phi) is 4.30. The summed E-state index contributed by atoms with van der Waals surface area (Å²) in [5, 5.41) is 0.593. The van der Waals surface area contributed by atoms with Crippen LogP contribution in [0.3, 0.4) is 0 Å². The van der Waals surface area contributed by atoms with Crippen LogP contribution in [0.5, 0.6) is 5.75 Å². The summed E-state index contributed by atoms with van der Waals surface area (Å²) in [4.78, 5) is 23.8. The van der Waals surface area contributed by atoms with Gasteiger partial charge in [-0.1, -0.05) is 23.7 Å². The second-order valence-corrected chi connectivity index (χ2v) is 5.80.